The fraction of sp³-hybridized carbons (Fsp3) is 0.556. The number of guanidine groups is 1. The van der Waals surface area contributed by atoms with E-state index in [4.69, 9.17) is 0 Å². The predicted octanol–water partition coefficient (Wildman–Crippen LogP) is 1.40. The van der Waals surface area contributed by atoms with Gasteiger partial charge in [0.25, 0.3) is 0 Å². The number of hydrogen-bond acceptors (Lipinski definition) is 4. The lowest BCUT2D eigenvalue weighted by Crippen LogP contribution is -2.44. The number of carbonyl (C=O) groups is 1. The molecule has 0 saturated carbocycles. The summed E-state index contributed by atoms with van der Waals surface area (Å²) in [7, 11) is -2.96. The zero-order chi connectivity index (χ0) is 19.0. The number of benzene rings is 1. The maximum absolute atomic E-state index is 12.5. The molecule has 152 valence electrons. The molecule has 0 bridgehead atoms. The number of sulfone groups is 1. The average molecular weight is 508 g/mol. The Morgan fingerprint density at radius 3 is 2.52 bits per heavy atom. The van der Waals surface area contributed by atoms with E-state index in [1.165, 1.54) is 0 Å². The molecule has 1 heterocycles. The van der Waals surface area contributed by atoms with Crippen molar-refractivity contribution >= 4 is 45.7 Å². The number of hydrogen-bond donors (Lipinski definition) is 2. The molecule has 1 amide bonds. The molecule has 27 heavy (non-hydrogen) atoms. The highest BCUT2D eigenvalue weighted by Crippen LogP contribution is 2.11. The lowest BCUT2D eigenvalue weighted by Gasteiger charge is -2.21. The fourth-order valence-electron chi connectivity index (χ4n) is 2.85. The summed E-state index contributed by atoms with van der Waals surface area (Å²) in [5.74, 6) is 0.732. The van der Waals surface area contributed by atoms with Gasteiger partial charge in [-0.1, -0.05) is 30.3 Å². The number of rotatable bonds is 7. The van der Waals surface area contributed by atoms with Crippen molar-refractivity contribution in [2.24, 2.45) is 4.99 Å². The molecule has 2 N–H and O–H groups in total. The highest BCUT2D eigenvalue weighted by Gasteiger charge is 2.28. The van der Waals surface area contributed by atoms with Crippen molar-refractivity contribution in [3.8, 4) is 0 Å². The van der Waals surface area contributed by atoms with Crippen molar-refractivity contribution in [1.82, 2.24) is 15.5 Å². The molecule has 7 nitrogen and oxygen atoms in total. The Hall–Kier alpha value is -1.36. The molecular formula is C18H29IN4O3S. The van der Waals surface area contributed by atoms with E-state index in [1.807, 2.05) is 44.2 Å². The summed E-state index contributed by atoms with van der Waals surface area (Å²) in [5, 5.41) is 6.20. The molecule has 0 aromatic heterocycles. The lowest BCUT2D eigenvalue weighted by molar-refractivity contribution is -0.130. The molecular weight excluding hydrogens is 479 g/mol. The van der Waals surface area contributed by atoms with Crippen LogP contribution in [0.15, 0.2) is 35.3 Å². The smallest absolute Gasteiger partial charge is 0.244 e. The Bertz CT molecular complexity index is 725. The van der Waals surface area contributed by atoms with Gasteiger partial charge >= 0.3 is 0 Å². The summed E-state index contributed by atoms with van der Waals surface area (Å²) in [4.78, 5) is 18.6. The van der Waals surface area contributed by atoms with Crippen LogP contribution in [0.4, 0.5) is 0 Å². The number of carbonyl (C=O) groups excluding carboxylic acids is 1. The van der Waals surface area contributed by atoms with E-state index in [2.05, 4.69) is 15.6 Å². The molecule has 1 aliphatic heterocycles. The van der Waals surface area contributed by atoms with E-state index >= 15 is 0 Å². The Labute approximate surface area is 178 Å². The van der Waals surface area contributed by atoms with Crippen LogP contribution in [0.5, 0.6) is 0 Å². The summed E-state index contributed by atoms with van der Waals surface area (Å²) in [6, 6.07) is 9.68. The van der Waals surface area contributed by atoms with Gasteiger partial charge in [0, 0.05) is 25.7 Å². The van der Waals surface area contributed by atoms with Crippen molar-refractivity contribution in [1.29, 1.82) is 0 Å². The van der Waals surface area contributed by atoms with Gasteiger partial charge < -0.3 is 15.5 Å². The van der Waals surface area contributed by atoms with Crippen LogP contribution >= 0.6 is 24.0 Å². The van der Waals surface area contributed by atoms with E-state index < -0.39 is 9.84 Å². The monoisotopic (exact) mass is 508 g/mol. The Morgan fingerprint density at radius 2 is 1.96 bits per heavy atom. The molecule has 9 heteroatoms. The lowest BCUT2D eigenvalue weighted by atomic mass is 10.2. The molecule has 1 unspecified atom stereocenters. The van der Waals surface area contributed by atoms with Gasteiger partial charge in [-0.25, -0.2) is 13.4 Å². The molecule has 0 spiro atoms. The van der Waals surface area contributed by atoms with Crippen LogP contribution in [0.3, 0.4) is 0 Å². The summed E-state index contributed by atoms with van der Waals surface area (Å²) in [6.45, 7) is 5.69. The highest BCUT2D eigenvalue weighted by molar-refractivity contribution is 14.0. The number of nitrogens with one attached hydrogen (secondary N) is 2. The van der Waals surface area contributed by atoms with Crippen LogP contribution in [-0.4, -0.2) is 62.4 Å². The number of halogens is 1. The Morgan fingerprint density at radius 1 is 1.26 bits per heavy atom. The molecule has 1 aromatic rings. The topological polar surface area (TPSA) is 90.9 Å². The van der Waals surface area contributed by atoms with E-state index in [9.17, 15) is 13.2 Å². The number of likely N-dealkylation sites (N-methyl/N-ethyl adjacent to an activating group) is 1. The first kappa shape index (κ1) is 23.7. The third-order valence-corrected chi connectivity index (χ3v) is 6.01. The molecule has 2 rings (SSSR count). The van der Waals surface area contributed by atoms with E-state index in [0.29, 0.717) is 32.0 Å². The van der Waals surface area contributed by atoms with Crippen LogP contribution in [0.2, 0.25) is 0 Å². The van der Waals surface area contributed by atoms with Crippen molar-refractivity contribution in [3.63, 3.8) is 0 Å². The van der Waals surface area contributed by atoms with Gasteiger partial charge in [-0.05, 0) is 25.8 Å². The summed E-state index contributed by atoms with van der Waals surface area (Å²) < 4.78 is 23.2. The van der Waals surface area contributed by atoms with E-state index in [1.54, 1.807) is 4.90 Å². The third-order valence-electron chi connectivity index (χ3n) is 4.24. The van der Waals surface area contributed by atoms with Gasteiger partial charge in [0.15, 0.2) is 15.8 Å². The minimum Gasteiger partial charge on any atom is -0.357 e. The van der Waals surface area contributed by atoms with Crippen LogP contribution in [0.25, 0.3) is 0 Å². The standard InChI is InChI=1S/C18H28N4O3S.HI/c1-3-19-18(21-16-10-11-26(24,25)14-16)20-12-17(23)22(4-2)13-15-8-6-5-7-9-15;/h5-9,16H,3-4,10-14H2,1-2H3,(H2,19,20,21);1H. The highest BCUT2D eigenvalue weighted by atomic mass is 127. The average Bonchev–Trinajstić information content (AvgIpc) is 2.97. The van der Waals surface area contributed by atoms with Crippen LogP contribution in [0, 0.1) is 0 Å². The van der Waals surface area contributed by atoms with Crippen LogP contribution < -0.4 is 10.6 Å². The molecule has 1 saturated heterocycles. The van der Waals surface area contributed by atoms with Crippen molar-refractivity contribution < 1.29 is 13.2 Å². The molecule has 0 radical (unpaired) electrons. The molecule has 1 fully saturated rings. The zero-order valence-corrected chi connectivity index (χ0v) is 19.0. The Balaban J connectivity index is 0.00000364. The second kappa shape index (κ2) is 11.5. The number of amides is 1. The Kier molecular flexibility index (Phi) is 10.1. The van der Waals surface area contributed by atoms with Gasteiger partial charge in [-0.2, -0.15) is 0 Å². The summed E-state index contributed by atoms with van der Waals surface area (Å²) in [6.07, 6.45) is 0.565. The van der Waals surface area contributed by atoms with Crippen molar-refractivity contribution in [2.75, 3.05) is 31.1 Å². The van der Waals surface area contributed by atoms with Gasteiger partial charge in [0.1, 0.15) is 6.54 Å². The van der Waals surface area contributed by atoms with Crippen LogP contribution in [0.1, 0.15) is 25.8 Å². The molecule has 1 aliphatic rings. The van der Waals surface area contributed by atoms with Gasteiger partial charge in [-0.3, -0.25) is 4.79 Å². The maximum atomic E-state index is 12.5. The molecule has 1 aromatic carbocycles. The summed E-state index contributed by atoms with van der Waals surface area (Å²) >= 11 is 0. The van der Waals surface area contributed by atoms with Crippen molar-refractivity contribution in [3.05, 3.63) is 35.9 Å². The first-order valence-electron chi connectivity index (χ1n) is 9.00. The molecule has 0 aliphatic carbocycles. The SMILES string of the molecule is CCNC(=NCC(=O)N(CC)Cc1ccccc1)NC1CCS(=O)(=O)C1.I. The normalized spacial score (nSPS) is 18.4. The number of aliphatic imine (C=N–C) groups is 1. The van der Waals surface area contributed by atoms with Crippen LogP contribution in [-0.2, 0) is 21.2 Å². The van der Waals surface area contributed by atoms with E-state index in [-0.39, 0.29) is 54.0 Å². The largest absolute Gasteiger partial charge is 0.357 e. The minimum absolute atomic E-state index is 0. The quantitative estimate of drug-likeness (QED) is 0.330. The second-order valence-electron chi connectivity index (χ2n) is 6.33. The van der Waals surface area contributed by atoms with Gasteiger partial charge in [0.05, 0.1) is 11.5 Å². The fourth-order valence-corrected chi connectivity index (χ4v) is 4.52. The van der Waals surface area contributed by atoms with Gasteiger partial charge in [0.2, 0.25) is 5.91 Å². The maximum Gasteiger partial charge on any atom is 0.244 e. The number of nitrogens with zero attached hydrogens (tertiary/aromatic N) is 2. The van der Waals surface area contributed by atoms with Gasteiger partial charge in [-0.15, -0.1) is 24.0 Å². The first-order valence-corrected chi connectivity index (χ1v) is 10.8. The summed E-state index contributed by atoms with van der Waals surface area (Å²) in [5.41, 5.74) is 1.08. The predicted molar refractivity (Wildman–Crippen MR) is 119 cm³/mol. The first-order chi connectivity index (χ1) is 12.4. The minimum atomic E-state index is -2.96. The second-order valence-corrected chi connectivity index (χ2v) is 8.56. The van der Waals surface area contributed by atoms with Crippen molar-refractivity contribution in [2.45, 2.75) is 32.9 Å². The van der Waals surface area contributed by atoms with E-state index in [0.717, 1.165) is 5.56 Å². The zero-order valence-electron chi connectivity index (χ0n) is 15.8. The molecule has 1 atom stereocenters. The third kappa shape index (κ3) is 8.04.